The summed E-state index contributed by atoms with van der Waals surface area (Å²) in [6.07, 6.45) is -0.0500. The minimum absolute atomic E-state index is 0.0296. The molecule has 0 aliphatic carbocycles. The number of rotatable bonds is 4. The molecule has 0 spiro atoms. The molecule has 1 aromatic rings. The lowest BCUT2D eigenvalue weighted by Gasteiger charge is -2.10. The lowest BCUT2D eigenvalue weighted by molar-refractivity contribution is -0.145. The Morgan fingerprint density at radius 3 is 2.10 bits per heavy atom. The van der Waals surface area contributed by atoms with E-state index in [1.165, 1.54) is 6.66 Å². The molecule has 3 N–H and O–H groups in total. The van der Waals surface area contributed by atoms with Crippen molar-refractivity contribution in [1.82, 2.24) is 0 Å². The van der Waals surface area contributed by atoms with E-state index in [-0.39, 0.29) is 18.6 Å². The van der Waals surface area contributed by atoms with Crippen molar-refractivity contribution in [2.75, 3.05) is 13.2 Å². The lowest BCUT2D eigenvalue weighted by atomic mass is 10.3. The zero-order chi connectivity index (χ0) is 16.9. The van der Waals surface area contributed by atoms with Crippen LogP contribution in [0.1, 0.15) is 27.7 Å². The molecule has 0 amide bonds. The van der Waals surface area contributed by atoms with Gasteiger partial charge in [0.1, 0.15) is 5.75 Å². The highest BCUT2D eigenvalue weighted by molar-refractivity contribution is 8.09. The van der Waals surface area contributed by atoms with E-state index in [4.69, 9.17) is 22.1 Å². The predicted molar refractivity (Wildman–Crippen MR) is 91.1 cm³/mol. The van der Waals surface area contributed by atoms with Gasteiger partial charge in [-0.05, 0) is 37.8 Å². The van der Waals surface area contributed by atoms with Crippen molar-refractivity contribution in [3.8, 4) is 5.75 Å². The smallest absolute Gasteiger partial charge is 0.319 e. The van der Waals surface area contributed by atoms with E-state index in [0.29, 0.717) is 5.75 Å². The van der Waals surface area contributed by atoms with Crippen molar-refractivity contribution >= 4 is 24.3 Å². The van der Waals surface area contributed by atoms with Crippen molar-refractivity contribution in [1.29, 1.82) is 0 Å². The van der Waals surface area contributed by atoms with E-state index < -0.39 is 6.49 Å². The Morgan fingerprint density at radius 1 is 1.33 bits per heavy atom. The summed E-state index contributed by atoms with van der Waals surface area (Å²) in [5.41, 5.74) is 4.95. The molecular formula is C14H26NO4PS. The Kier molecular flexibility index (Phi) is 13.6. The first-order valence-corrected chi connectivity index (χ1v) is 9.81. The Morgan fingerprint density at radius 2 is 1.81 bits per heavy atom. The van der Waals surface area contributed by atoms with Crippen LogP contribution in [-0.2, 0) is 21.3 Å². The number of hydrogen-bond donors (Lipinski definition) is 2. The molecule has 0 fully saturated rings. The van der Waals surface area contributed by atoms with E-state index in [9.17, 15) is 9.69 Å². The molecule has 7 heteroatoms. The molecular weight excluding hydrogens is 309 g/mol. The summed E-state index contributed by atoms with van der Waals surface area (Å²) >= 11 is 4.71. The average Bonchev–Trinajstić information content (AvgIpc) is 2.40. The molecule has 122 valence electrons. The summed E-state index contributed by atoms with van der Waals surface area (Å²) in [5.74, 6) is 0.279. The molecule has 0 heterocycles. The average molecular weight is 335 g/mol. The maximum atomic E-state index is 10.3. The van der Waals surface area contributed by atoms with Crippen LogP contribution in [0.2, 0.25) is 0 Å². The minimum atomic E-state index is -2.55. The van der Waals surface area contributed by atoms with Crippen molar-refractivity contribution in [3.63, 3.8) is 0 Å². The topological polar surface area (TPSA) is 81.8 Å². The zero-order valence-electron chi connectivity index (χ0n) is 13.3. The summed E-state index contributed by atoms with van der Waals surface area (Å²) < 4.78 is 9.72. The van der Waals surface area contributed by atoms with Gasteiger partial charge in [-0.15, -0.1) is 0 Å². The Balaban J connectivity index is 0. The monoisotopic (exact) mass is 335 g/mol. The second kappa shape index (κ2) is 12.8. The highest BCUT2D eigenvalue weighted by atomic mass is 32.5. The normalized spacial score (nSPS) is 12.0. The first-order valence-electron chi connectivity index (χ1n) is 6.69. The van der Waals surface area contributed by atoms with Crippen molar-refractivity contribution < 1.29 is 18.9 Å². The van der Waals surface area contributed by atoms with Crippen LogP contribution < -0.4 is 10.3 Å². The van der Waals surface area contributed by atoms with E-state index in [0.717, 1.165) is 0 Å². The maximum absolute atomic E-state index is 10.3. The summed E-state index contributed by atoms with van der Waals surface area (Å²) in [4.78, 5) is 19.4. The molecule has 0 saturated carbocycles. The number of para-hydroxylation sites is 1. The van der Waals surface area contributed by atoms with E-state index >= 15 is 0 Å². The fourth-order valence-corrected chi connectivity index (χ4v) is 1.76. The largest absolute Gasteiger partial charge is 0.462 e. The molecule has 1 atom stereocenters. The van der Waals surface area contributed by atoms with E-state index in [2.05, 4.69) is 4.74 Å². The maximum Gasteiger partial charge on any atom is 0.319 e. The number of carbonyl (C=O) groups excluding carboxylic acids is 1. The van der Waals surface area contributed by atoms with Gasteiger partial charge in [0.2, 0.25) is 6.49 Å². The molecule has 0 aliphatic heterocycles. The standard InChI is InChI=1S/C7H9O2PS.C5H11NO2.C2H6/c1-10(8,11)9-7-5-3-2-4-6-7;1-4(2)8-5(7)3-6;1-2/h2-6H,1H3,(H,8,11);4H,3,6H2,1-2H3;1-2H3. The first kappa shape index (κ1) is 22.3. The number of benzene rings is 1. The molecule has 0 aromatic heterocycles. The van der Waals surface area contributed by atoms with Gasteiger partial charge in [0.25, 0.3) is 0 Å². The Labute approximate surface area is 132 Å². The lowest BCUT2D eigenvalue weighted by Crippen LogP contribution is -2.20. The number of ether oxygens (including phenoxy) is 1. The third-order valence-electron chi connectivity index (χ3n) is 1.55. The summed E-state index contributed by atoms with van der Waals surface area (Å²) in [6, 6.07) is 9.07. The fraction of sp³-hybridized carbons (Fsp3) is 0.500. The van der Waals surface area contributed by atoms with Gasteiger partial charge in [-0.3, -0.25) is 4.79 Å². The van der Waals surface area contributed by atoms with Crippen molar-refractivity contribution in [2.45, 2.75) is 33.8 Å². The molecule has 0 bridgehead atoms. The molecule has 5 nitrogen and oxygen atoms in total. The van der Waals surface area contributed by atoms with Gasteiger partial charge in [0.15, 0.2) is 0 Å². The van der Waals surface area contributed by atoms with E-state index in [1.807, 2.05) is 32.0 Å². The van der Waals surface area contributed by atoms with Crippen LogP contribution in [0.3, 0.4) is 0 Å². The third kappa shape index (κ3) is 17.0. The highest BCUT2D eigenvalue weighted by Gasteiger charge is 2.04. The first-order chi connectivity index (χ1) is 9.74. The molecule has 0 saturated heterocycles. The Hall–Kier alpha value is -0.940. The van der Waals surface area contributed by atoms with Crippen LogP contribution in [0.4, 0.5) is 0 Å². The van der Waals surface area contributed by atoms with Crippen LogP contribution >= 0.6 is 6.49 Å². The van der Waals surface area contributed by atoms with Crippen LogP contribution in [-0.4, -0.2) is 30.2 Å². The predicted octanol–water partition coefficient (Wildman–Crippen LogP) is 2.92. The van der Waals surface area contributed by atoms with Gasteiger partial charge in [0, 0.05) is 6.66 Å². The summed E-state index contributed by atoms with van der Waals surface area (Å²) in [7, 11) is 0. The second-order valence-corrected chi connectivity index (χ2v) is 7.77. The van der Waals surface area contributed by atoms with Gasteiger partial charge in [-0.1, -0.05) is 32.0 Å². The fourth-order valence-electron chi connectivity index (χ4n) is 0.988. The number of esters is 1. The van der Waals surface area contributed by atoms with E-state index in [1.54, 1.807) is 26.0 Å². The summed E-state index contributed by atoms with van der Waals surface area (Å²) in [5, 5.41) is 0. The highest BCUT2D eigenvalue weighted by Crippen LogP contribution is 2.38. The molecule has 1 aromatic carbocycles. The van der Waals surface area contributed by atoms with Gasteiger partial charge in [-0.25, -0.2) is 0 Å². The zero-order valence-corrected chi connectivity index (χ0v) is 15.0. The van der Waals surface area contributed by atoms with Crippen molar-refractivity contribution in [3.05, 3.63) is 30.3 Å². The third-order valence-corrected chi connectivity index (χ3v) is 2.32. The number of carbonyl (C=O) groups is 1. The van der Waals surface area contributed by atoms with Crippen LogP contribution in [0, 0.1) is 0 Å². The minimum Gasteiger partial charge on any atom is -0.462 e. The van der Waals surface area contributed by atoms with Crippen LogP contribution in [0.25, 0.3) is 0 Å². The second-order valence-electron chi connectivity index (χ2n) is 3.95. The molecule has 1 rings (SSSR count). The summed E-state index contributed by atoms with van der Waals surface area (Å²) in [6.45, 7) is 6.51. The van der Waals surface area contributed by atoms with Gasteiger partial charge in [-0.2, -0.15) is 0 Å². The van der Waals surface area contributed by atoms with Crippen LogP contribution in [0.5, 0.6) is 5.75 Å². The molecule has 0 radical (unpaired) electrons. The van der Waals surface area contributed by atoms with Gasteiger partial charge in [0.05, 0.1) is 12.6 Å². The van der Waals surface area contributed by atoms with Gasteiger partial charge >= 0.3 is 5.97 Å². The number of hydrogen-bond acceptors (Lipinski definition) is 5. The molecule has 21 heavy (non-hydrogen) atoms. The molecule has 1 unspecified atom stereocenters. The Bertz CT molecular complexity index is 420. The SMILES string of the molecule is CC.CC(C)OC(=O)CN.CP(O)(=S)Oc1ccccc1. The van der Waals surface area contributed by atoms with Crippen LogP contribution in [0.15, 0.2) is 30.3 Å². The van der Waals surface area contributed by atoms with Crippen molar-refractivity contribution in [2.24, 2.45) is 5.73 Å². The quantitative estimate of drug-likeness (QED) is 0.650. The van der Waals surface area contributed by atoms with Gasteiger partial charge < -0.3 is 19.9 Å². The molecule has 0 aliphatic rings. The number of nitrogens with two attached hydrogens (primary N) is 1.